The summed E-state index contributed by atoms with van der Waals surface area (Å²) in [4.78, 5) is 4.79. The zero-order valence-electron chi connectivity index (χ0n) is 13.9. The molecule has 118 valence electrons. The van der Waals surface area contributed by atoms with Gasteiger partial charge in [0.25, 0.3) is 0 Å². The zero-order chi connectivity index (χ0) is 15.6. The number of anilines is 1. The van der Waals surface area contributed by atoms with Crippen LogP contribution in [0.3, 0.4) is 0 Å². The molecule has 0 amide bonds. The molecule has 1 aliphatic rings. The summed E-state index contributed by atoms with van der Waals surface area (Å²) < 4.78 is 0. The van der Waals surface area contributed by atoms with Gasteiger partial charge in [0.15, 0.2) is 0 Å². The van der Waals surface area contributed by atoms with Crippen LogP contribution in [-0.4, -0.2) is 43.2 Å². The second kappa shape index (κ2) is 6.55. The molecule has 0 bridgehead atoms. The Hall–Kier alpha value is -0.770. The first-order valence-corrected chi connectivity index (χ1v) is 8.13. The SMILES string of the molecule is CC1CN(c2ccc(CNC(C)(C)C)cc2Cl)CCN1C. The normalized spacial score (nSPS) is 20.9. The van der Waals surface area contributed by atoms with E-state index in [1.807, 2.05) is 0 Å². The lowest BCUT2D eigenvalue weighted by molar-refractivity contribution is 0.234. The van der Waals surface area contributed by atoms with Gasteiger partial charge in [-0.05, 0) is 52.4 Å². The highest BCUT2D eigenvalue weighted by atomic mass is 35.5. The van der Waals surface area contributed by atoms with Gasteiger partial charge in [0, 0.05) is 37.8 Å². The van der Waals surface area contributed by atoms with Crippen molar-refractivity contribution in [1.82, 2.24) is 10.2 Å². The van der Waals surface area contributed by atoms with E-state index in [1.165, 1.54) is 5.56 Å². The van der Waals surface area contributed by atoms with Crippen LogP contribution in [0.5, 0.6) is 0 Å². The van der Waals surface area contributed by atoms with E-state index >= 15 is 0 Å². The van der Waals surface area contributed by atoms with Gasteiger partial charge in [0.2, 0.25) is 0 Å². The summed E-state index contributed by atoms with van der Waals surface area (Å²) in [5.74, 6) is 0. The monoisotopic (exact) mass is 309 g/mol. The number of nitrogens with zero attached hydrogens (tertiary/aromatic N) is 2. The van der Waals surface area contributed by atoms with Crippen LogP contribution in [0.2, 0.25) is 5.02 Å². The Morgan fingerprint density at radius 1 is 1.29 bits per heavy atom. The van der Waals surface area contributed by atoms with Crippen LogP contribution in [-0.2, 0) is 6.54 Å². The Balaban J connectivity index is 2.05. The highest BCUT2D eigenvalue weighted by Gasteiger charge is 2.22. The molecule has 4 heteroatoms. The van der Waals surface area contributed by atoms with Crippen molar-refractivity contribution in [2.45, 2.75) is 45.8 Å². The molecule has 0 saturated carbocycles. The van der Waals surface area contributed by atoms with E-state index in [4.69, 9.17) is 11.6 Å². The van der Waals surface area contributed by atoms with Gasteiger partial charge in [0.05, 0.1) is 10.7 Å². The Labute approximate surface area is 134 Å². The van der Waals surface area contributed by atoms with E-state index in [2.05, 4.69) is 68.1 Å². The van der Waals surface area contributed by atoms with Crippen LogP contribution >= 0.6 is 11.6 Å². The predicted octanol–water partition coefficient (Wildman–Crippen LogP) is 3.37. The second-order valence-electron chi connectivity index (χ2n) is 7.16. The maximum Gasteiger partial charge on any atom is 0.0642 e. The third kappa shape index (κ3) is 4.60. The van der Waals surface area contributed by atoms with Crippen LogP contribution < -0.4 is 10.2 Å². The third-order valence-corrected chi connectivity index (χ3v) is 4.44. The number of benzene rings is 1. The number of halogens is 1. The molecule has 0 aromatic heterocycles. The first kappa shape index (κ1) is 16.6. The lowest BCUT2D eigenvalue weighted by Crippen LogP contribution is -2.50. The van der Waals surface area contributed by atoms with Crippen LogP contribution in [0.1, 0.15) is 33.3 Å². The quantitative estimate of drug-likeness (QED) is 0.923. The summed E-state index contributed by atoms with van der Waals surface area (Å²) in [7, 11) is 2.19. The molecule has 1 saturated heterocycles. The molecule has 1 fully saturated rings. The molecule has 21 heavy (non-hydrogen) atoms. The van der Waals surface area contributed by atoms with E-state index in [-0.39, 0.29) is 5.54 Å². The van der Waals surface area contributed by atoms with Gasteiger partial charge in [-0.2, -0.15) is 0 Å². The van der Waals surface area contributed by atoms with Crippen molar-refractivity contribution in [2.24, 2.45) is 0 Å². The van der Waals surface area contributed by atoms with E-state index in [1.54, 1.807) is 0 Å². The maximum absolute atomic E-state index is 6.51. The lowest BCUT2D eigenvalue weighted by Gasteiger charge is -2.39. The van der Waals surface area contributed by atoms with E-state index < -0.39 is 0 Å². The van der Waals surface area contributed by atoms with Crippen LogP contribution in [0.4, 0.5) is 5.69 Å². The van der Waals surface area contributed by atoms with Crippen molar-refractivity contribution in [1.29, 1.82) is 0 Å². The number of hydrogen-bond acceptors (Lipinski definition) is 3. The molecule has 1 heterocycles. The summed E-state index contributed by atoms with van der Waals surface area (Å²) >= 11 is 6.51. The average molecular weight is 310 g/mol. The third-order valence-electron chi connectivity index (χ3n) is 4.14. The smallest absolute Gasteiger partial charge is 0.0642 e. The minimum Gasteiger partial charge on any atom is -0.367 e. The Morgan fingerprint density at radius 3 is 2.57 bits per heavy atom. The average Bonchev–Trinajstić information content (AvgIpc) is 2.39. The van der Waals surface area contributed by atoms with Gasteiger partial charge in [-0.1, -0.05) is 17.7 Å². The van der Waals surface area contributed by atoms with Crippen molar-refractivity contribution in [3.8, 4) is 0 Å². The predicted molar refractivity (Wildman–Crippen MR) is 92.3 cm³/mol. The lowest BCUT2D eigenvalue weighted by atomic mass is 10.1. The summed E-state index contributed by atoms with van der Waals surface area (Å²) in [5.41, 5.74) is 2.52. The molecule has 3 nitrogen and oxygen atoms in total. The molecular formula is C17H28ClN3. The standard InChI is InChI=1S/C17H28ClN3/c1-13-12-21(9-8-20(13)5)16-7-6-14(10-15(16)18)11-19-17(2,3)4/h6-7,10,13,19H,8-9,11-12H2,1-5H3. The highest BCUT2D eigenvalue weighted by Crippen LogP contribution is 2.28. The first-order valence-electron chi connectivity index (χ1n) is 7.75. The van der Waals surface area contributed by atoms with Gasteiger partial charge >= 0.3 is 0 Å². The Morgan fingerprint density at radius 2 is 2.00 bits per heavy atom. The first-order chi connectivity index (χ1) is 9.76. The Kier molecular flexibility index (Phi) is 5.18. The summed E-state index contributed by atoms with van der Waals surface area (Å²) in [6, 6.07) is 7.01. The fourth-order valence-electron chi connectivity index (χ4n) is 2.55. The van der Waals surface area contributed by atoms with Gasteiger partial charge in [-0.3, -0.25) is 0 Å². The molecule has 1 N–H and O–H groups in total. The van der Waals surface area contributed by atoms with Gasteiger partial charge < -0.3 is 15.1 Å². The molecule has 1 aliphatic heterocycles. The largest absolute Gasteiger partial charge is 0.367 e. The zero-order valence-corrected chi connectivity index (χ0v) is 14.7. The minimum absolute atomic E-state index is 0.123. The van der Waals surface area contributed by atoms with E-state index in [9.17, 15) is 0 Å². The summed E-state index contributed by atoms with van der Waals surface area (Å²) in [5, 5.41) is 4.36. The van der Waals surface area contributed by atoms with E-state index in [0.717, 1.165) is 36.9 Å². The van der Waals surface area contributed by atoms with Crippen molar-refractivity contribution in [2.75, 3.05) is 31.6 Å². The number of piperazine rings is 1. The minimum atomic E-state index is 0.123. The topological polar surface area (TPSA) is 18.5 Å². The molecule has 1 aromatic rings. The number of rotatable bonds is 3. The van der Waals surface area contributed by atoms with Gasteiger partial charge in [-0.25, -0.2) is 0 Å². The highest BCUT2D eigenvalue weighted by molar-refractivity contribution is 6.33. The van der Waals surface area contributed by atoms with Crippen LogP contribution in [0, 0.1) is 0 Å². The van der Waals surface area contributed by atoms with Gasteiger partial charge in [0.1, 0.15) is 0 Å². The van der Waals surface area contributed by atoms with Crippen molar-refractivity contribution >= 4 is 17.3 Å². The van der Waals surface area contributed by atoms with Crippen molar-refractivity contribution in [3.05, 3.63) is 28.8 Å². The van der Waals surface area contributed by atoms with Crippen LogP contribution in [0.15, 0.2) is 18.2 Å². The molecule has 0 spiro atoms. The molecule has 0 aliphatic carbocycles. The second-order valence-corrected chi connectivity index (χ2v) is 7.57. The molecular weight excluding hydrogens is 282 g/mol. The molecule has 2 rings (SSSR count). The summed E-state index contributed by atoms with van der Waals surface area (Å²) in [6.07, 6.45) is 0. The van der Waals surface area contributed by atoms with Crippen molar-refractivity contribution < 1.29 is 0 Å². The fraction of sp³-hybridized carbons (Fsp3) is 0.647. The van der Waals surface area contributed by atoms with E-state index in [0.29, 0.717) is 6.04 Å². The van der Waals surface area contributed by atoms with Gasteiger partial charge in [-0.15, -0.1) is 0 Å². The number of likely N-dealkylation sites (N-methyl/N-ethyl adjacent to an activating group) is 1. The molecule has 1 unspecified atom stereocenters. The number of nitrogens with one attached hydrogen (secondary N) is 1. The Bertz CT molecular complexity index is 481. The fourth-order valence-corrected chi connectivity index (χ4v) is 2.87. The molecule has 1 aromatic carbocycles. The molecule has 1 atom stereocenters. The van der Waals surface area contributed by atoms with Crippen molar-refractivity contribution in [3.63, 3.8) is 0 Å². The number of hydrogen-bond donors (Lipinski definition) is 1. The summed E-state index contributed by atoms with van der Waals surface area (Å²) in [6.45, 7) is 12.8. The van der Waals surface area contributed by atoms with Crippen LogP contribution in [0.25, 0.3) is 0 Å². The maximum atomic E-state index is 6.51. The molecule has 0 radical (unpaired) electrons.